The molecule has 0 amide bonds. The van der Waals surface area contributed by atoms with Gasteiger partial charge in [0, 0.05) is 11.1 Å². The summed E-state index contributed by atoms with van der Waals surface area (Å²) in [6.45, 7) is 12.1. The van der Waals surface area contributed by atoms with Crippen molar-refractivity contribution in [3.05, 3.63) is 36.0 Å². The maximum Gasteiger partial charge on any atom is 0.361 e. The molecule has 1 aromatic carbocycles. The quantitative estimate of drug-likeness (QED) is 0.544. The van der Waals surface area contributed by atoms with Gasteiger partial charge in [-0.05, 0) is 46.2 Å². The molecule has 0 radical (unpaired) electrons. The molecule has 26 heavy (non-hydrogen) atoms. The van der Waals surface area contributed by atoms with Crippen molar-refractivity contribution in [2.75, 3.05) is 13.2 Å². The molecule has 0 aliphatic heterocycles. The van der Waals surface area contributed by atoms with Gasteiger partial charge in [0.15, 0.2) is 17.2 Å². The molecule has 0 atom stereocenters. The number of rotatable bonds is 9. The average molecular weight is 359 g/mol. The Kier molecular flexibility index (Phi) is 6.77. The van der Waals surface area contributed by atoms with Crippen LogP contribution < -0.4 is 9.47 Å². The van der Waals surface area contributed by atoms with E-state index in [1.54, 1.807) is 19.1 Å². The van der Waals surface area contributed by atoms with Crippen molar-refractivity contribution in [2.24, 2.45) is 0 Å². The predicted octanol–water partition coefficient (Wildman–Crippen LogP) is 3.56. The summed E-state index contributed by atoms with van der Waals surface area (Å²) in [7, 11) is 0. The van der Waals surface area contributed by atoms with E-state index in [0.29, 0.717) is 35.8 Å². The van der Waals surface area contributed by atoms with Crippen molar-refractivity contribution in [2.45, 2.75) is 40.2 Å². The Morgan fingerprint density at radius 3 is 2.65 bits per heavy atom. The van der Waals surface area contributed by atoms with Crippen molar-refractivity contribution >= 4 is 5.97 Å². The minimum Gasteiger partial charge on any atom is -0.490 e. The van der Waals surface area contributed by atoms with Gasteiger partial charge in [-0.1, -0.05) is 6.08 Å². The van der Waals surface area contributed by atoms with Crippen LogP contribution in [0.15, 0.2) is 24.8 Å². The molecule has 1 heterocycles. The molecule has 0 unspecified atom stereocenters. The zero-order valence-electron chi connectivity index (χ0n) is 15.7. The number of aromatic nitrogens is 3. The molecule has 0 fully saturated rings. The first-order valence-corrected chi connectivity index (χ1v) is 8.67. The minimum absolute atomic E-state index is 0.00855. The average Bonchev–Trinajstić information content (AvgIpc) is 3.07. The Morgan fingerprint density at radius 2 is 2.04 bits per heavy atom. The number of benzene rings is 1. The van der Waals surface area contributed by atoms with Gasteiger partial charge in [-0.25, -0.2) is 4.79 Å². The third-order valence-corrected chi connectivity index (χ3v) is 3.44. The van der Waals surface area contributed by atoms with Crippen molar-refractivity contribution in [3.63, 3.8) is 0 Å². The second kappa shape index (κ2) is 9.03. The molecule has 0 aliphatic carbocycles. The van der Waals surface area contributed by atoms with Gasteiger partial charge in [0.05, 0.1) is 19.3 Å². The molecule has 1 N–H and O–H groups in total. The van der Waals surface area contributed by atoms with Gasteiger partial charge in [-0.2, -0.15) is 10.3 Å². The van der Waals surface area contributed by atoms with E-state index in [9.17, 15) is 4.79 Å². The lowest BCUT2D eigenvalue weighted by Crippen LogP contribution is -2.10. The van der Waals surface area contributed by atoms with Crippen LogP contribution >= 0.6 is 0 Å². The SMILES string of the molecule is C=CCc1cc(-c2n[nH]nc2C(=O)OCC)cc(OCC)c1OC(C)C. The summed E-state index contributed by atoms with van der Waals surface area (Å²) in [5.74, 6) is 0.738. The lowest BCUT2D eigenvalue weighted by Gasteiger charge is -2.19. The first-order chi connectivity index (χ1) is 12.5. The number of H-pyrrole nitrogens is 1. The zero-order chi connectivity index (χ0) is 19.1. The van der Waals surface area contributed by atoms with E-state index in [0.717, 1.165) is 5.56 Å². The standard InChI is InChI=1S/C19H25N3O4/c1-6-9-13-10-14(11-15(24-7-2)18(13)26-12(4)5)16-17(21-22-20-16)19(23)25-8-3/h6,10-12H,1,7-9H2,2-5H3,(H,20,21,22). The Bertz CT molecular complexity index is 768. The molecule has 2 aromatic rings. The first kappa shape index (κ1) is 19.5. The minimum atomic E-state index is -0.526. The summed E-state index contributed by atoms with van der Waals surface area (Å²) in [5, 5.41) is 10.5. The van der Waals surface area contributed by atoms with Gasteiger partial charge in [0.25, 0.3) is 0 Å². The molecule has 140 valence electrons. The molecule has 0 aliphatic rings. The highest BCUT2D eigenvalue weighted by atomic mass is 16.5. The monoisotopic (exact) mass is 359 g/mol. The Hall–Kier alpha value is -2.83. The van der Waals surface area contributed by atoms with E-state index in [1.165, 1.54) is 0 Å². The number of ether oxygens (including phenoxy) is 3. The lowest BCUT2D eigenvalue weighted by atomic mass is 10.0. The Morgan fingerprint density at radius 1 is 1.27 bits per heavy atom. The van der Waals surface area contributed by atoms with Crippen molar-refractivity contribution in [1.29, 1.82) is 0 Å². The van der Waals surface area contributed by atoms with E-state index < -0.39 is 5.97 Å². The molecule has 7 nitrogen and oxygen atoms in total. The summed E-state index contributed by atoms with van der Waals surface area (Å²) in [6.07, 6.45) is 2.37. The summed E-state index contributed by atoms with van der Waals surface area (Å²) in [6, 6.07) is 3.71. The third kappa shape index (κ3) is 4.41. The van der Waals surface area contributed by atoms with E-state index in [2.05, 4.69) is 22.0 Å². The van der Waals surface area contributed by atoms with E-state index >= 15 is 0 Å². The summed E-state index contributed by atoms with van der Waals surface area (Å²) < 4.78 is 16.8. The molecule has 0 spiro atoms. The second-order valence-electron chi connectivity index (χ2n) is 5.80. The number of hydrogen-bond donors (Lipinski definition) is 1. The normalized spacial score (nSPS) is 10.7. The first-order valence-electron chi connectivity index (χ1n) is 8.67. The van der Waals surface area contributed by atoms with Crippen LogP contribution in [-0.4, -0.2) is 40.7 Å². The molecular weight excluding hydrogens is 334 g/mol. The number of esters is 1. The fraction of sp³-hybridized carbons (Fsp3) is 0.421. The van der Waals surface area contributed by atoms with Crippen LogP contribution in [0.2, 0.25) is 0 Å². The maximum absolute atomic E-state index is 12.1. The van der Waals surface area contributed by atoms with E-state index in [4.69, 9.17) is 14.2 Å². The Labute approximate surface area is 153 Å². The molecule has 0 bridgehead atoms. The van der Waals surface area contributed by atoms with Crippen LogP contribution in [0.3, 0.4) is 0 Å². The number of carbonyl (C=O) groups excluding carboxylic acids is 1. The van der Waals surface area contributed by atoms with Gasteiger partial charge in [0.1, 0.15) is 5.69 Å². The summed E-state index contributed by atoms with van der Waals surface area (Å²) in [4.78, 5) is 12.1. The number of allylic oxidation sites excluding steroid dienone is 1. The van der Waals surface area contributed by atoms with Crippen LogP contribution in [0, 0.1) is 0 Å². The van der Waals surface area contributed by atoms with Crippen LogP contribution in [0.5, 0.6) is 11.5 Å². The number of hydrogen-bond acceptors (Lipinski definition) is 6. The highest BCUT2D eigenvalue weighted by Crippen LogP contribution is 2.38. The predicted molar refractivity (Wildman–Crippen MR) is 98.6 cm³/mol. The van der Waals surface area contributed by atoms with Gasteiger partial charge < -0.3 is 14.2 Å². The lowest BCUT2D eigenvalue weighted by molar-refractivity contribution is 0.0520. The molecule has 1 aromatic heterocycles. The zero-order valence-corrected chi connectivity index (χ0v) is 15.7. The van der Waals surface area contributed by atoms with Gasteiger partial charge in [-0.15, -0.1) is 11.7 Å². The molecule has 2 rings (SSSR count). The highest BCUT2D eigenvalue weighted by molar-refractivity contribution is 5.94. The van der Waals surface area contributed by atoms with Crippen LogP contribution in [0.1, 0.15) is 43.7 Å². The largest absolute Gasteiger partial charge is 0.490 e. The summed E-state index contributed by atoms with van der Waals surface area (Å²) in [5.41, 5.74) is 2.13. The second-order valence-corrected chi connectivity index (χ2v) is 5.80. The van der Waals surface area contributed by atoms with Crippen molar-refractivity contribution < 1.29 is 19.0 Å². The van der Waals surface area contributed by atoms with Gasteiger partial charge >= 0.3 is 5.97 Å². The number of nitrogens with zero attached hydrogens (tertiary/aromatic N) is 2. The third-order valence-electron chi connectivity index (χ3n) is 3.44. The molecule has 0 saturated heterocycles. The number of carbonyl (C=O) groups is 1. The smallest absolute Gasteiger partial charge is 0.361 e. The van der Waals surface area contributed by atoms with Crippen molar-refractivity contribution in [3.8, 4) is 22.8 Å². The maximum atomic E-state index is 12.1. The van der Waals surface area contributed by atoms with Crippen LogP contribution in [-0.2, 0) is 11.2 Å². The van der Waals surface area contributed by atoms with Crippen molar-refractivity contribution in [1.82, 2.24) is 15.4 Å². The fourth-order valence-electron chi connectivity index (χ4n) is 2.51. The van der Waals surface area contributed by atoms with Crippen LogP contribution in [0.4, 0.5) is 0 Å². The molecule has 7 heteroatoms. The van der Waals surface area contributed by atoms with E-state index in [1.807, 2.05) is 26.8 Å². The number of aromatic amines is 1. The highest BCUT2D eigenvalue weighted by Gasteiger charge is 2.22. The van der Waals surface area contributed by atoms with Gasteiger partial charge in [0.2, 0.25) is 0 Å². The number of nitrogens with one attached hydrogen (secondary N) is 1. The van der Waals surface area contributed by atoms with E-state index in [-0.39, 0.29) is 18.4 Å². The molecule has 0 saturated carbocycles. The van der Waals surface area contributed by atoms with Gasteiger partial charge in [-0.3, -0.25) is 0 Å². The topological polar surface area (TPSA) is 86.3 Å². The Balaban J connectivity index is 2.58. The summed E-state index contributed by atoms with van der Waals surface area (Å²) >= 11 is 0. The molecular formula is C19H25N3O4. The fourth-order valence-corrected chi connectivity index (χ4v) is 2.51. The van der Waals surface area contributed by atoms with Crippen LogP contribution in [0.25, 0.3) is 11.3 Å².